The van der Waals surface area contributed by atoms with Gasteiger partial charge in [0.15, 0.2) is 0 Å². The number of carbonyl (C=O) groups is 1. The average Bonchev–Trinajstić information content (AvgIpc) is 2.32. The summed E-state index contributed by atoms with van der Waals surface area (Å²) in [6, 6.07) is 4.82. The molecule has 1 amide bonds. The molecule has 0 radical (unpaired) electrons. The Balaban J connectivity index is 2.47. The van der Waals surface area contributed by atoms with Gasteiger partial charge in [0.05, 0.1) is 5.56 Å². The highest BCUT2D eigenvalue weighted by Gasteiger charge is 2.11. The van der Waals surface area contributed by atoms with Gasteiger partial charge in [-0.05, 0) is 18.6 Å². The molecule has 92 valence electrons. The topological polar surface area (TPSA) is 29.1 Å². The summed E-state index contributed by atoms with van der Waals surface area (Å²) in [6.45, 7) is 5.78. The van der Waals surface area contributed by atoms with Crippen LogP contribution in [-0.2, 0) is 0 Å². The Morgan fingerprint density at radius 2 is 2.35 bits per heavy atom. The molecule has 4 heteroatoms. The van der Waals surface area contributed by atoms with Crippen molar-refractivity contribution in [2.24, 2.45) is 0 Å². The number of benzene rings is 1. The molecule has 0 heterocycles. The van der Waals surface area contributed by atoms with E-state index < -0.39 is 5.82 Å². The van der Waals surface area contributed by atoms with Crippen LogP contribution < -0.4 is 5.32 Å². The number of thioether (sulfide) groups is 1. The summed E-state index contributed by atoms with van der Waals surface area (Å²) in [4.78, 5) is 11.7. The first-order chi connectivity index (χ1) is 8.16. The highest BCUT2D eigenvalue weighted by atomic mass is 32.2. The molecule has 0 atom stereocenters. The standard InChI is InChI=1S/C13H16FNOS/c1-3-8-17-9-7-15-13(16)11-6-4-5-10(2)12(11)14/h3-6H,1,7-9H2,2H3,(H,15,16). The van der Waals surface area contributed by atoms with Crippen LogP contribution in [0.25, 0.3) is 0 Å². The number of nitrogens with one attached hydrogen (secondary N) is 1. The van der Waals surface area contributed by atoms with E-state index in [1.165, 1.54) is 6.07 Å². The zero-order valence-corrected chi connectivity index (χ0v) is 10.6. The van der Waals surface area contributed by atoms with Gasteiger partial charge in [-0.2, -0.15) is 11.8 Å². The van der Waals surface area contributed by atoms with Crippen LogP contribution >= 0.6 is 11.8 Å². The van der Waals surface area contributed by atoms with Gasteiger partial charge in [0.25, 0.3) is 5.91 Å². The van der Waals surface area contributed by atoms with Gasteiger partial charge in [-0.1, -0.05) is 18.2 Å². The molecule has 2 nitrogen and oxygen atoms in total. The second-order valence-corrected chi connectivity index (χ2v) is 4.71. The van der Waals surface area contributed by atoms with Crippen molar-refractivity contribution in [3.8, 4) is 0 Å². The number of carbonyl (C=O) groups excluding carboxylic acids is 1. The molecule has 0 unspecified atom stereocenters. The molecule has 1 aromatic carbocycles. The molecular formula is C13H16FNOS. The smallest absolute Gasteiger partial charge is 0.254 e. The summed E-state index contributed by atoms with van der Waals surface area (Å²) in [5.74, 6) is 0.856. The van der Waals surface area contributed by atoms with Crippen LogP contribution in [0.1, 0.15) is 15.9 Å². The van der Waals surface area contributed by atoms with Crippen molar-refractivity contribution < 1.29 is 9.18 Å². The summed E-state index contributed by atoms with van der Waals surface area (Å²) in [5, 5.41) is 2.69. The first-order valence-electron chi connectivity index (χ1n) is 5.38. The molecule has 17 heavy (non-hydrogen) atoms. The van der Waals surface area contributed by atoms with E-state index in [0.29, 0.717) is 12.1 Å². The monoisotopic (exact) mass is 253 g/mol. The first-order valence-corrected chi connectivity index (χ1v) is 6.54. The predicted molar refractivity (Wildman–Crippen MR) is 71.0 cm³/mol. The zero-order chi connectivity index (χ0) is 12.7. The highest BCUT2D eigenvalue weighted by molar-refractivity contribution is 7.99. The van der Waals surface area contributed by atoms with Gasteiger partial charge < -0.3 is 5.32 Å². The predicted octanol–water partition coefficient (Wildman–Crippen LogP) is 2.78. The summed E-state index contributed by atoms with van der Waals surface area (Å²) in [5.41, 5.74) is 0.595. The van der Waals surface area contributed by atoms with Crippen molar-refractivity contribution in [1.82, 2.24) is 5.32 Å². The van der Waals surface area contributed by atoms with Crippen LogP contribution in [0.5, 0.6) is 0 Å². The number of hydrogen-bond donors (Lipinski definition) is 1. The Bertz CT molecular complexity index is 406. The maximum Gasteiger partial charge on any atom is 0.254 e. The fraction of sp³-hybridized carbons (Fsp3) is 0.308. The van der Waals surface area contributed by atoms with E-state index in [4.69, 9.17) is 0 Å². The second kappa shape index (κ2) is 7.12. The lowest BCUT2D eigenvalue weighted by Gasteiger charge is -2.06. The maximum atomic E-state index is 13.6. The molecule has 0 fully saturated rings. The molecule has 0 aliphatic carbocycles. The number of amides is 1. The quantitative estimate of drug-likeness (QED) is 0.624. The van der Waals surface area contributed by atoms with E-state index in [-0.39, 0.29) is 11.5 Å². The maximum absolute atomic E-state index is 13.6. The van der Waals surface area contributed by atoms with Crippen molar-refractivity contribution in [3.63, 3.8) is 0 Å². The molecule has 0 spiro atoms. The molecule has 1 aromatic rings. The van der Waals surface area contributed by atoms with Crippen molar-refractivity contribution in [3.05, 3.63) is 47.8 Å². The summed E-state index contributed by atoms with van der Waals surface area (Å²) < 4.78 is 13.6. The van der Waals surface area contributed by atoms with Crippen LogP contribution in [0.15, 0.2) is 30.9 Å². The van der Waals surface area contributed by atoms with E-state index in [1.807, 2.05) is 6.08 Å². The molecular weight excluding hydrogens is 237 g/mol. The first kappa shape index (κ1) is 13.8. The molecule has 0 saturated carbocycles. The van der Waals surface area contributed by atoms with Crippen molar-refractivity contribution >= 4 is 17.7 Å². The molecule has 0 aromatic heterocycles. The van der Waals surface area contributed by atoms with Gasteiger partial charge in [0, 0.05) is 18.1 Å². The molecule has 1 N–H and O–H groups in total. The van der Waals surface area contributed by atoms with Crippen LogP contribution in [-0.4, -0.2) is 24.0 Å². The largest absolute Gasteiger partial charge is 0.351 e. The van der Waals surface area contributed by atoms with E-state index >= 15 is 0 Å². The average molecular weight is 253 g/mol. The number of halogens is 1. The van der Waals surface area contributed by atoms with Crippen LogP contribution in [0.3, 0.4) is 0 Å². The molecule has 0 aliphatic rings. The Morgan fingerprint density at radius 3 is 3.06 bits per heavy atom. The summed E-state index contributed by atoms with van der Waals surface area (Å²) in [6.07, 6.45) is 1.81. The van der Waals surface area contributed by atoms with E-state index in [0.717, 1.165) is 11.5 Å². The van der Waals surface area contributed by atoms with Crippen molar-refractivity contribution in [2.75, 3.05) is 18.1 Å². The number of rotatable bonds is 6. The number of hydrogen-bond acceptors (Lipinski definition) is 2. The second-order valence-electron chi connectivity index (χ2n) is 3.56. The SMILES string of the molecule is C=CCSCCNC(=O)c1cccc(C)c1F. The summed E-state index contributed by atoms with van der Waals surface area (Å²) in [7, 11) is 0. The van der Waals surface area contributed by atoms with E-state index in [1.54, 1.807) is 30.8 Å². The molecule has 1 rings (SSSR count). The van der Waals surface area contributed by atoms with Crippen molar-refractivity contribution in [1.29, 1.82) is 0 Å². The van der Waals surface area contributed by atoms with Crippen LogP contribution in [0.4, 0.5) is 4.39 Å². The van der Waals surface area contributed by atoms with E-state index in [2.05, 4.69) is 11.9 Å². The normalized spacial score (nSPS) is 10.0. The minimum atomic E-state index is -0.441. The molecule has 0 saturated heterocycles. The minimum absolute atomic E-state index is 0.110. The van der Waals surface area contributed by atoms with E-state index in [9.17, 15) is 9.18 Å². The third-order valence-electron chi connectivity index (χ3n) is 2.20. The van der Waals surface area contributed by atoms with Gasteiger partial charge in [-0.25, -0.2) is 4.39 Å². The van der Waals surface area contributed by atoms with Gasteiger partial charge in [-0.3, -0.25) is 4.79 Å². The lowest BCUT2D eigenvalue weighted by molar-refractivity contribution is 0.0952. The zero-order valence-electron chi connectivity index (χ0n) is 9.83. The Morgan fingerprint density at radius 1 is 1.59 bits per heavy atom. The summed E-state index contributed by atoms with van der Waals surface area (Å²) >= 11 is 1.67. The van der Waals surface area contributed by atoms with Crippen molar-refractivity contribution in [2.45, 2.75) is 6.92 Å². The molecule has 0 bridgehead atoms. The highest BCUT2D eigenvalue weighted by Crippen LogP contribution is 2.11. The third kappa shape index (κ3) is 4.23. The van der Waals surface area contributed by atoms with Gasteiger partial charge in [0.1, 0.15) is 5.82 Å². The van der Waals surface area contributed by atoms with Crippen LogP contribution in [0, 0.1) is 12.7 Å². The fourth-order valence-electron chi connectivity index (χ4n) is 1.32. The lowest BCUT2D eigenvalue weighted by Crippen LogP contribution is -2.26. The van der Waals surface area contributed by atoms with Gasteiger partial charge >= 0.3 is 0 Å². The Hall–Kier alpha value is -1.29. The number of aryl methyl sites for hydroxylation is 1. The third-order valence-corrected chi connectivity index (χ3v) is 3.17. The fourth-order valence-corrected chi connectivity index (χ4v) is 1.90. The lowest BCUT2D eigenvalue weighted by atomic mass is 10.1. The van der Waals surface area contributed by atoms with Gasteiger partial charge in [-0.15, -0.1) is 6.58 Å². The Kier molecular flexibility index (Phi) is 5.77. The van der Waals surface area contributed by atoms with Crippen LogP contribution in [0.2, 0.25) is 0 Å². The van der Waals surface area contributed by atoms with Gasteiger partial charge in [0.2, 0.25) is 0 Å². The Labute approximate surface area is 105 Å². The minimum Gasteiger partial charge on any atom is -0.351 e. The molecule has 0 aliphatic heterocycles.